The highest BCUT2D eigenvalue weighted by Gasteiger charge is 2.07. The van der Waals surface area contributed by atoms with Crippen LogP contribution in [0, 0.1) is 18.3 Å². The minimum absolute atomic E-state index is 0.230. The first-order chi connectivity index (χ1) is 8.70. The fraction of sp³-hybridized carbons (Fsp3) is 0.286. The van der Waals surface area contributed by atoms with Gasteiger partial charge in [0.15, 0.2) is 0 Å². The molecule has 0 fully saturated rings. The number of hydrogen-bond donors (Lipinski definition) is 2. The number of benzene rings is 1. The second kappa shape index (κ2) is 5.48. The van der Waals surface area contributed by atoms with E-state index >= 15 is 0 Å². The molecule has 0 saturated carbocycles. The number of nitrogens with zero attached hydrogens (tertiary/aromatic N) is 2. The van der Waals surface area contributed by atoms with Gasteiger partial charge < -0.3 is 10.3 Å². The Morgan fingerprint density at radius 2 is 2.11 bits per heavy atom. The molecule has 2 N–H and O–H groups in total. The van der Waals surface area contributed by atoms with Crippen LogP contribution >= 0.6 is 0 Å². The lowest BCUT2D eigenvalue weighted by Gasteiger charge is -2.13. The van der Waals surface area contributed by atoms with Gasteiger partial charge >= 0.3 is 0 Å². The van der Waals surface area contributed by atoms with Crippen molar-refractivity contribution in [2.75, 3.05) is 0 Å². The molecule has 1 unspecified atom stereocenters. The summed E-state index contributed by atoms with van der Waals surface area (Å²) in [6.45, 7) is 4.84. The molecular formula is C14H16N4. The van der Waals surface area contributed by atoms with E-state index in [0.29, 0.717) is 5.56 Å². The van der Waals surface area contributed by atoms with Gasteiger partial charge in [0.25, 0.3) is 0 Å². The van der Waals surface area contributed by atoms with Crippen molar-refractivity contribution in [1.82, 2.24) is 15.3 Å². The highest BCUT2D eigenvalue weighted by Crippen LogP contribution is 2.14. The third-order valence-corrected chi connectivity index (χ3v) is 3.05. The molecule has 0 amide bonds. The molecule has 92 valence electrons. The summed E-state index contributed by atoms with van der Waals surface area (Å²) in [4.78, 5) is 7.31. The van der Waals surface area contributed by atoms with Crippen LogP contribution in [-0.4, -0.2) is 9.97 Å². The van der Waals surface area contributed by atoms with Gasteiger partial charge in [0.05, 0.1) is 23.7 Å². The molecule has 2 rings (SSSR count). The van der Waals surface area contributed by atoms with Crippen LogP contribution in [0.25, 0.3) is 0 Å². The van der Waals surface area contributed by atoms with Crippen molar-refractivity contribution in [3.8, 4) is 6.07 Å². The van der Waals surface area contributed by atoms with E-state index in [0.717, 1.165) is 17.9 Å². The highest BCUT2D eigenvalue weighted by atomic mass is 15.0. The Morgan fingerprint density at radius 3 is 2.67 bits per heavy atom. The van der Waals surface area contributed by atoms with Crippen LogP contribution in [0.5, 0.6) is 0 Å². The molecule has 0 bridgehead atoms. The van der Waals surface area contributed by atoms with Gasteiger partial charge in [-0.25, -0.2) is 4.98 Å². The largest absolute Gasteiger partial charge is 0.348 e. The van der Waals surface area contributed by atoms with Crippen LogP contribution in [-0.2, 0) is 6.54 Å². The molecule has 1 aromatic carbocycles. The predicted octanol–water partition coefficient (Wildman–Crippen LogP) is 2.44. The van der Waals surface area contributed by atoms with E-state index in [2.05, 4.69) is 28.3 Å². The molecule has 0 saturated heterocycles. The number of aryl methyl sites for hydroxylation is 1. The number of aromatic nitrogens is 2. The topological polar surface area (TPSA) is 64.5 Å². The van der Waals surface area contributed by atoms with Crippen LogP contribution in [0.4, 0.5) is 0 Å². The van der Waals surface area contributed by atoms with Crippen molar-refractivity contribution >= 4 is 0 Å². The summed E-state index contributed by atoms with van der Waals surface area (Å²) >= 11 is 0. The Hall–Kier alpha value is -2.12. The van der Waals surface area contributed by atoms with Crippen LogP contribution in [0.3, 0.4) is 0 Å². The zero-order valence-corrected chi connectivity index (χ0v) is 10.6. The van der Waals surface area contributed by atoms with E-state index < -0.39 is 0 Å². The Morgan fingerprint density at radius 1 is 1.39 bits per heavy atom. The maximum Gasteiger partial charge on any atom is 0.0991 e. The average molecular weight is 240 g/mol. The number of rotatable bonds is 4. The number of hydrogen-bond acceptors (Lipinski definition) is 3. The predicted molar refractivity (Wildman–Crippen MR) is 69.7 cm³/mol. The van der Waals surface area contributed by atoms with E-state index in [1.807, 2.05) is 31.2 Å². The van der Waals surface area contributed by atoms with Crippen molar-refractivity contribution in [3.05, 3.63) is 53.1 Å². The first kappa shape index (κ1) is 12.3. The van der Waals surface area contributed by atoms with Crippen LogP contribution in [0.1, 0.15) is 35.5 Å². The van der Waals surface area contributed by atoms with Gasteiger partial charge in [-0.3, -0.25) is 0 Å². The maximum absolute atomic E-state index is 8.75. The van der Waals surface area contributed by atoms with E-state index in [9.17, 15) is 0 Å². The lowest BCUT2D eigenvalue weighted by atomic mass is 10.1. The standard InChI is InChI=1S/C14H16N4/c1-10(13-5-3-12(7-15)4-6-13)16-8-14-11(2)17-9-18-14/h3-6,9-10,16H,8H2,1-2H3,(H,17,18). The summed E-state index contributed by atoms with van der Waals surface area (Å²) in [6, 6.07) is 9.99. The highest BCUT2D eigenvalue weighted by molar-refractivity contribution is 5.32. The maximum atomic E-state index is 8.75. The molecule has 18 heavy (non-hydrogen) atoms. The van der Waals surface area contributed by atoms with E-state index in [1.165, 1.54) is 5.56 Å². The molecule has 1 atom stereocenters. The Balaban J connectivity index is 1.97. The molecule has 4 nitrogen and oxygen atoms in total. The van der Waals surface area contributed by atoms with Gasteiger partial charge in [-0.05, 0) is 31.5 Å². The lowest BCUT2D eigenvalue weighted by molar-refractivity contribution is 0.567. The van der Waals surface area contributed by atoms with Crippen molar-refractivity contribution in [2.24, 2.45) is 0 Å². The molecular weight excluding hydrogens is 224 g/mol. The number of nitriles is 1. The van der Waals surface area contributed by atoms with Crippen molar-refractivity contribution in [1.29, 1.82) is 5.26 Å². The van der Waals surface area contributed by atoms with Crippen molar-refractivity contribution in [3.63, 3.8) is 0 Å². The SMILES string of the molecule is Cc1[nH]cnc1CNC(C)c1ccc(C#N)cc1. The second-order valence-corrected chi connectivity index (χ2v) is 4.31. The normalized spacial score (nSPS) is 12.1. The minimum atomic E-state index is 0.230. The van der Waals surface area contributed by atoms with Crippen molar-refractivity contribution in [2.45, 2.75) is 26.4 Å². The molecule has 0 aliphatic heterocycles. The Bertz CT molecular complexity index is 548. The summed E-state index contributed by atoms with van der Waals surface area (Å²) in [5, 5.41) is 12.2. The van der Waals surface area contributed by atoms with Gasteiger partial charge in [0.1, 0.15) is 0 Å². The number of nitrogens with one attached hydrogen (secondary N) is 2. The molecule has 0 aliphatic rings. The van der Waals surface area contributed by atoms with E-state index in [4.69, 9.17) is 5.26 Å². The van der Waals surface area contributed by atoms with Gasteiger partial charge in [-0.2, -0.15) is 5.26 Å². The Labute approximate surface area is 107 Å². The summed E-state index contributed by atoms with van der Waals surface area (Å²) in [5.41, 5.74) is 3.99. The van der Waals surface area contributed by atoms with Crippen LogP contribution < -0.4 is 5.32 Å². The fourth-order valence-electron chi connectivity index (χ4n) is 1.78. The molecule has 1 aromatic heterocycles. The quantitative estimate of drug-likeness (QED) is 0.862. The summed E-state index contributed by atoms with van der Waals surface area (Å²) in [7, 11) is 0. The van der Waals surface area contributed by atoms with Gasteiger partial charge in [0.2, 0.25) is 0 Å². The molecule has 2 aromatic rings. The number of imidazole rings is 1. The number of H-pyrrole nitrogens is 1. The lowest BCUT2D eigenvalue weighted by Crippen LogP contribution is -2.18. The first-order valence-electron chi connectivity index (χ1n) is 5.93. The second-order valence-electron chi connectivity index (χ2n) is 4.31. The van der Waals surface area contributed by atoms with E-state index in [1.54, 1.807) is 6.33 Å². The third-order valence-electron chi connectivity index (χ3n) is 3.05. The van der Waals surface area contributed by atoms with Gasteiger partial charge in [-0.15, -0.1) is 0 Å². The van der Waals surface area contributed by atoms with Crippen molar-refractivity contribution < 1.29 is 0 Å². The summed E-state index contributed by atoms with van der Waals surface area (Å²) in [5.74, 6) is 0. The molecule has 4 heteroatoms. The molecule has 0 radical (unpaired) electrons. The zero-order chi connectivity index (χ0) is 13.0. The molecule has 1 heterocycles. The molecule has 0 aliphatic carbocycles. The average Bonchev–Trinajstić information content (AvgIpc) is 2.81. The fourth-order valence-corrected chi connectivity index (χ4v) is 1.78. The summed E-state index contributed by atoms with van der Waals surface area (Å²) in [6.07, 6.45) is 1.71. The smallest absolute Gasteiger partial charge is 0.0991 e. The van der Waals surface area contributed by atoms with Crippen LogP contribution in [0.15, 0.2) is 30.6 Å². The van der Waals surface area contributed by atoms with E-state index in [-0.39, 0.29) is 6.04 Å². The van der Waals surface area contributed by atoms with Crippen LogP contribution in [0.2, 0.25) is 0 Å². The zero-order valence-electron chi connectivity index (χ0n) is 10.6. The summed E-state index contributed by atoms with van der Waals surface area (Å²) < 4.78 is 0. The first-order valence-corrected chi connectivity index (χ1v) is 5.93. The minimum Gasteiger partial charge on any atom is -0.348 e. The monoisotopic (exact) mass is 240 g/mol. The number of aromatic amines is 1. The van der Waals surface area contributed by atoms with Gasteiger partial charge in [0, 0.05) is 18.3 Å². The Kier molecular flexibility index (Phi) is 3.75. The third kappa shape index (κ3) is 2.76. The molecule has 0 spiro atoms. The van der Waals surface area contributed by atoms with Gasteiger partial charge in [-0.1, -0.05) is 12.1 Å².